The van der Waals surface area contributed by atoms with Crippen molar-refractivity contribution >= 4 is 34.8 Å². The Hall–Kier alpha value is -2.33. The average molecular weight is 359 g/mol. The molecule has 2 amide bonds. The van der Waals surface area contributed by atoms with Gasteiger partial charge in [-0.05, 0) is 54.8 Å². The summed E-state index contributed by atoms with van der Waals surface area (Å²) in [6.45, 7) is 5.79. The smallest absolute Gasteiger partial charge is 0.226 e. The van der Waals surface area contributed by atoms with E-state index >= 15 is 0 Å². The Morgan fingerprint density at radius 1 is 1.12 bits per heavy atom. The number of carbonyl (C=O) groups excluding carboxylic acids is 2. The number of hydrogen-bond donors (Lipinski definition) is 1. The molecular weight excluding hydrogens is 336 g/mol. The Morgan fingerprint density at radius 3 is 2.36 bits per heavy atom. The van der Waals surface area contributed by atoms with E-state index in [4.69, 9.17) is 11.6 Å². The number of anilines is 2. The molecule has 2 rings (SSSR count). The Balaban J connectivity index is 2.00. The summed E-state index contributed by atoms with van der Waals surface area (Å²) in [4.78, 5) is 25.8. The fourth-order valence-corrected chi connectivity index (χ4v) is 2.86. The largest absolute Gasteiger partial charge is 0.326 e. The van der Waals surface area contributed by atoms with Gasteiger partial charge in [0.1, 0.15) is 0 Å². The third-order valence-electron chi connectivity index (χ3n) is 4.04. The van der Waals surface area contributed by atoms with Crippen molar-refractivity contribution in [2.75, 3.05) is 16.8 Å². The molecule has 0 aliphatic carbocycles. The molecule has 0 saturated carbocycles. The number of aryl methyl sites for hydroxylation is 2. The van der Waals surface area contributed by atoms with E-state index in [0.717, 1.165) is 23.4 Å². The molecule has 0 saturated heterocycles. The van der Waals surface area contributed by atoms with Crippen LogP contribution in [-0.2, 0) is 16.0 Å². The highest BCUT2D eigenvalue weighted by atomic mass is 35.5. The van der Waals surface area contributed by atoms with E-state index in [1.807, 2.05) is 37.3 Å². The highest BCUT2D eigenvalue weighted by Crippen LogP contribution is 2.24. The van der Waals surface area contributed by atoms with Crippen molar-refractivity contribution in [1.29, 1.82) is 0 Å². The first-order valence-corrected chi connectivity index (χ1v) is 8.71. The second-order valence-corrected chi connectivity index (χ2v) is 6.39. The lowest BCUT2D eigenvalue weighted by molar-refractivity contribution is -0.117. The maximum atomic E-state index is 12.2. The van der Waals surface area contributed by atoms with Crippen LogP contribution in [0.5, 0.6) is 0 Å². The zero-order chi connectivity index (χ0) is 18.4. The minimum atomic E-state index is -0.123. The summed E-state index contributed by atoms with van der Waals surface area (Å²) in [5.41, 5.74) is 3.66. The van der Waals surface area contributed by atoms with E-state index in [1.165, 1.54) is 12.5 Å². The molecule has 0 unspecified atom stereocenters. The number of nitrogens with zero attached hydrogens (tertiary/aromatic N) is 1. The number of amides is 2. The number of carbonyl (C=O) groups is 2. The van der Waals surface area contributed by atoms with E-state index in [9.17, 15) is 9.59 Å². The summed E-state index contributed by atoms with van der Waals surface area (Å²) >= 11 is 5.97. The molecule has 5 heteroatoms. The summed E-state index contributed by atoms with van der Waals surface area (Å²) < 4.78 is 0. The van der Waals surface area contributed by atoms with Crippen LogP contribution in [0.25, 0.3) is 0 Å². The van der Waals surface area contributed by atoms with Gasteiger partial charge in [-0.25, -0.2) is 0 Å². The molecule has 0 aromatic heterocycles. The van der Waals surface area contributed by atoms with Crippen LogP contribution in [-0.4, -0.2) is 18.4 Å². The van der Waals surface area contributed by atoms with Crippen LogP contribution in [0.4, 0.5) is 11.4 Å². The standard InChI is InChI=1S/C20H23ClN2O2/c1-4-16-5-8-18(9-6-16)22-20(25)11-12-23(15(3)24)19-10-7-17(21)13-14(19)2/h5-10,13H,4,11-12H2,1-3H3,(H,22,25). The summed E-state index contributed by atoms with van der Waals surface area (Å²) in [7, 11) is 0. The van der Waals surface area contributed by atoms with E-state index in [0.29, 0.717) is 11.6 Å². The van der Waals surface area contributed by atoms with Gasteiger partial charge in [-0.1, -0.05) is 30.7 Å². The van der Waals surface area contributed by atoms with Gasteiger partial charge in [0.25, 0.3) is 0 Å². The van der Waals surface area contributed by atoms with Crippen molar-refractivity contribution in [2.24, 2.45) is 0 Å². The quantitative estimate of drug-likeness (QED) is 0.820. The number of rotatable bonds is 6. The van der Waals surface area contributed by atoms with Crippen molar-refractivity contribution in [1.82, 2.24) is 0 Å². The number of halogens is 1. The first-order valence-electron chi connectivity index (χ1n) is 8.33. The van der Waals surface area contributed by atoms with Crippen LogP contribution in [0.3, 0.4) is 0 Å². The Labute approximate surface area is 153 Å². The predicted octanol–water partition coefficient (Wildman–Crippen LogP) is 4.59. The third-order valence-corrected chi connectivity index (χ3v) is 4.27. The van der Waals surface area contributed by atoms with Gasteiger partial charge in [-0.2, -0.15) is 0 Å². The van der Waals surface area contributed by atoms with Crippen molar-refractivity contribution < 1.29 is 9.59 Å². The minimum absolute atomic E-state index is 0.106. The van der Waals surface area contributed by atoms with Crippen molar-refractivity contribution in [3.05, 3.63) is 58.6 Å². The molecule has 0 aliphatic rings. The topological polar surface area (TPSA) is 49.4 Å². The first-order chi connectivity index (χ1) is 11.9. The molecule has 0 heterocycles. The SMILES string of the molecule is CCc1ccc(NC(=O)CCN(C(C)=O)c2ccc(Cl)cc2C)cc1. The van der Waals surface area contributed by atoms with Crippen LogP contribution in [0, 0.1) is 6.92 Å². The summed E-state index contributed by atoms with van der Waals surface area (Å²) in [6, 6.07) is 13.1. The van der Waals surface area contributed by atoms with Gasteiger partial charge in [0.2, 0.25) is 11.8 Å². The first kappa shape index (κ1) is 19.0. The highest BCUT2D eigenvalue weighted by molar-refractivity contribution is 6.30. The van der Waals surface area contributed by atoms with Crippen LogP contribution in [0.15, 0.2) is 42.5 Å². The minimum Gasteiger partial charge on any atom is -0.326 e. The molecule has 0 spiro atoms. The molecule has 2 aromatic carbocycles. The number of benzene rings is 2. The van der Waals surface area contributed by atoms with Gasteiger partial charge in [0.15, 0.2) is 0 Å². The lowest BCUT2D eigenvalue weighted by Gasteiger charge is -2.23. The zero-order valence-electron chi connectivity index (χ0n) is 14.8. The van der Waals surface area contributed by atoms with Crippen LogP contribution in [0.2, 0.25) is 5.02 Å². The van der Waals surface area contributed by atoms with Gasteiger partial charge >= 0.3 is 0 Å². The molecule has 25 heavy (non-hydrogen) atoms. The molecule has 4 nitrogen and oxygen atoms in total. The van der Waals surface area contributed by atoms with E-state index < -0.39 is 0 Å². The Bertz CT molecular complexity index is 757. The third kappa shape index (κ3) is 5.33. The number of hydrogen-bond acceptors (Lipinski definition) is 2. The fourth-order valence-electron chi connectivity index (χ4n) is 2.63. The van der Waals surface area contributed by atoms with Crippen molar-refractivity contribution in [3.8, 4) is 0 Å². The fraction of sp³-hybridized carbons (Fsp3) is 0.300. The molecule has 0 radical (unpaired) electrons. The Morgan fingerprint density at radius 2 is 1.80 bits per heavy atom. The summed E-state index contributed by atoms with van der Waals surface area (Å²) in [5.74, 6) is -0.229. The summed E-state index contributed by atoms with van der Waals surface area (Å²) in [5, 5.41) is 3.49. The van der Waals surface area contributed by atoms with Crippen LogP contribution < -0.4 is 10.2 Å². The maximum absolute atomic E-state index is 12.2. The molecule has 0 aliphatic heterocycles. The lowest BCUT2D eigenvalue weighted by atomic mass is 10.1. The second-order valence-electron chi connectivity index (χ2n) is 5.95. The Kier molecular flexibility index (Phi) is 6.59. The van der Waals surface area contributed by atoms with Crippen LogP contribution >= 0.6 is 11.6 Å². The van der Waals surface area contributed by atoms with Gasteiger partial charge < -0.3 is 10.2 Å². The van der Waals surface area contributed by atoms with E-state index in [-0.39, 0.29) is 18.2 Å². The average Bonchev–Trinajstić information content (AvgIpc) is 2.57. The predicted molar refractivity (Wildman–Crippen MR) is 103 cm³/mol. The molecular formula is C20H23ClN2O2. The molecule has 0 bridgehead atoms. The van der Waals surface area contributed by atoms with Gasteiger partial charge in [-0.3, -0.25) is 9.59 Å². The zero-order valence-corrected chi connectivity index (χ0v) is 15.6. The van der Waals surface area contributed by atoms with Crippen molar-refractivity contribution in [3.63, 3.8) is 0 Å². The molecule has 1 N–H and O–H groups in total. The molecule has 132 valence electrons. The number of nitrogens with one attached hydrogen (secondary N) is 1. The highest BCUT2D eigenvalue weighted by Gasteiger charge is 2.15. The van der Waals surface area contributed by atoms with Gasteiger partial charge in [0.05, 0.1) is 0 Å². The molecule has 0 fully saturated rings. The lowest BCUT2D eigenvalue weighted by Crippen LogP contribution is -2.32. The van der Waals surface area contributed by atoms with Crippen LogP contribution in [0.1, 0.15) is 31.4 Å². The van der Waals surface area contributed by atoms with Gasteiger partial charge in [0, 0.05) is 36.3 Å². The van der Waals surface area contributed by atoms with Crippen molar-refractivity contribution in [2.45, 2.75) is 33.6 Å². The second kappa shape index (κ2) is 8.67. The van der Waals surface area contributed by atoms with E-state index in [2.05, 4.69) is 12.2 Å². The van der Waals surface area contributed by atoms with E-state index in [1.54, 1.807) is 17.0 Å². The maximum Gasteiger partial charge on any atom is 0.226 e. The molecule has 2 aromatic rings. The monoisotopic (exact) mass is 358 g/mol. The normalized spacial score (nSPS) is 10.4. The summed E-state index contributed by atoms with van der Waals surface area (Å²) in [6.07, 6.45) is 1.18. The van der Waals surface area contributed by atoms with Gasteiger partial charge in [-0.15, -0.1) is 0 Å². The molecule has 0 atom stereocenters.